The number of aryl methyl sites for hydroxylation is 1. The molecule has 0 aromatic heterocycles. The quantitative estimate of drug-likeness (QED) is 0.894. The van der Waals surface area contributed by atoms with Crippen LogP contribution >= 0.6 is 0 Å². The molecule has 21 heavy (non-hydrogen) atoms. The lowest BCUT2D eigenvalue weighted by atomic mass is 9.86. The summed E-state index contributed by atoms with van der Waals surface area (Å²) in [5, 5.41) is 13.0. The van der Waals surface area contributed by atoms with Gasteiger partial charge in [0.2, 0.25) is 0 Å². The molecule has 2 rings (SSSR count). The highest BCUT2D eigenvalue weighted by molar-refractivity contribution is 5.90. The van der Waals surface area contributed by atoms with E-state index in [0.29, 0.717) is 6.54 Å². The number of para-hydroxylation sites is 1. The van der Waals surface area contributed by atoms with Crippen molar-refractivity contribution < 1.29 is 9.90 Å². The van der Waals surface area contributed by atoms with Gasteiger partial charge in [0.05, 0.1) is 6.10 Å². The summed E-state index contributed by atoms with van der Waals surface area (Å²) < 4.78 is 0. The van der Waals surface area contributed by atoms with Crippen molar-refractivity contribution in [2.75, 3.05) is 18.9 Å². The molecule has 2 atom stereocenters. The molecule has 1 aromatic rings. The molecule has 2 unspecified atom stereocenters. The Morgan fingerprint density at radius 3 is 2.76 bits per heavy atom. The van der Waals surface area contributed by atoms with Crippen LogP contribution < -0.4 is 5.32 Å². The van der Waals surface area contributed by atoms with E-state index in [9.17, 15) is 9.90 Å². The van der Waals surface area contributed by atoms with E-state index in [2.05, 4.69) is 12.2 Å². The number of aliphatic hydroxyl groups excluding tert-OH is 1. The average molecular weight is 290 g/mol. The number of anilines is 1. The van der Waals surface area contributed by atoms with Gasteiger partial charge in [-0.1, -0.05) is 38.0 Å². The van der Waals surface area contributed by atoms with Gasteiger partial charge in [-0.05, 0) is 30.9 Å². The number of rotatable bonds is 4. The predicted octanol–water partition coefficient (Wildman–Crippen LogP) is 3.26. The van der Waals surface area contributed by atoms with Gasteiger partial charge in [0.15, 0.2) is 0 Å². The van der Waals surface area contributed by atoms with Crippen molar-refractivity contribution in [3.8, 4) is 0 Å². The van der Waals surface area contributed by atoms with Gasteiger partial charge in [0, 0.05) is 25.2 Å². The number of nitrogens with zero attached hydrogens (tertiary/aromatic N) is 1. The number of urea groups is 1. The first kappa shape index (κ1) is 15.8. The summed E-state index contributed by atoms with van der Waals surface area (Å²) >= 11 is 0. The molecule has 0 aliphatic heterocycles. The fraction of sp³-hybridized carbons (Fsp3) is 0.588. The Kier molecular flexibility index (Phi) is 5.62. The van der Waals surface area contributed by atoms with E-state index in [1.807, 2.05) is 24.3 Å². The second-order valence-electron chi connectivity index (χ2n) is 5.93. The van der Waals surface area contributed by atoms with E-state index in [1.54, 1.807) is 11.9 Å². The molecular weight excluding hydrogens is 264 g/mol. The number of carbonyl (C=O) groups is 1. The molecule has 4 heteroatoms. The molecule has 0 heterocycles. The van der Waals surface area contributed by atoms with E-state index < -0.39 is 0 Å². The van der Waals surface area contributed by atoms with Gasteiger partial charge in [-0.3, -0.25) is 0 Å². The van der Waals surface area contributed by atoms with E-state index in [4.69, 9.17) is 0 Å². The normalized spacial score (nSPS) is 21.9. The van der Waals surface area contributed by atoms with Gasteiger partial charge in [0.1, 0.15) is 0 Å². The summed E-state index contributed by atoms with van der Waals surface area (Å²) in [7, 11) is 1.80. The highest BCUT2D eigenvalue weighted by Crippen LogP contribution is 2.25. The Bertz CT molecular complexity index is 476. The van der Waals surface area contributed by atoms with Crippen molar-refractivity contribution in [1.29, 1.82) is 0 Å². The van der Waals surface area contributed by atoms with Gasteiger partial charge in [-0.25, -0.2) is 4.79 Å². The smallest absolute Gasteiger partial charge is 0.321 e. The Labute approximate surface area is 127 Å². The summed E-state index contributed by atoms with van der Waals surface area (Å²) in [4.78, 5) is 14.0. The highest BCUT2D eigenvalue weighted by atomic mass is 16.3. The molecule has 1 aliphatic carbocycles. The van der Waals surface area contributed by atoms with Crippen LogP contribution in [-0.4, -0.2) is 35.7 Å². The lowest BCUT2D eigenvalue weighted by molar-refractivity contribution is 0.0575. The summed E-state index contributed by atoms with van der Waals surface area (Å²) in [6, 6.07) is 7.77. The molecule has 0 bridgehead atoms. The molecule has 1 fully saturated rings. The minimum atomic E-state index is -0.267. The van der Waals surface area contributed by atoms with Crippen LogP contribution in [0, 0.1) is 5.92 Å². The molecule has 1 saturated carbocycles. The number of carbonyl (C=O) groups excluding carboxylic acids is 1. The zero-order valence-corrected chi connectivity index (χ0v) is 13.0. The minimum absolute atomic E-state index is 0.103. The second-order valence-corrected chi connectivity index (χ2v) is 5.93. The fourth-order valence-corrected chi connectivity index (χ4v) is 3.00. The molecule has 116 valence electrons. The molecule has 0 radical (unpaired) electrons. The average Bonchev–Trinajstić information content (AvgIpc) is 2.50. The molecule has 2 N–H and O–H groups in total. The van der Waals surface area contributed by atoms with Crippen LogP contribution in [-0.2, 0) is 6.42 Å². The molecule has 1 aromatic carbocycles. The molecule has 1 aliphatic rings. The summed E-state index contributed by atoms with van der Waals surface area (Å²) in [6.45, 7) is 2.69. The topological polar surface area (TPSA) is 52.6 Å². The first-order valence-electron chi connectivity index (χ1n) is 7.90. The number of nitrogens with one attached hydrogen (secondary N) is 1. The van der Waals surface area contributed by atoms with Crippen LogP contribution in [0.3, 0.4) is 0 Å². The van der Waals surface area contributed by atoms with E-state index >= 15 is 0 Å². The van der Waals surface area contributed by atoms with Crippen LogP contribution in [0.5, 0.6) is 0 Å². The number of hydrogen-bond acceptors (Lipinski definition) is 2. The lowest BCUT2D eigenvalue weighted by Crippen LogP contribution is -2.40. The summed E-state index contributed by atoms with van der Waals surface area (Å²) in [5.74, 6) is 0.205. The number of amides is 2. The maximum atomic E-state index is 12.3. The van der Waals surface area contributed by atoms with Crippen molar-refractivity contribution in [2.24, 2.45) is 5.92 Å². The predicted molar refractivity (Wildman–Crippen MR) is 85.4 cm³/mol. The van der Waals surface area contributed by atoms with Gasteiger partial charge >= 0.3 is 6.03 Å². The van der Waals surface area contributed by atoms with E-state index in [-0.39, 0.29) is 18.1 Å². The van der Waals surface area contributed by atoms with Crippen molar-refractivity contribution in [1.82, 2.24) is 4.90 Å². The van der Waals surface area contributed by atoms with Crippen LogP contribution in [0.4, 0.5) is 10.5 Å². The third-order valence-electron chi connectivity index (χ3n) is 4.36. The number of hydrogen-bond donors (Lipinski definition) is 2. The Morgan fingerprint density at radius 2 is 2.05 bits per heavy atom. The first-order valence-corrected chi connectivity index (χ1v) is 7.90. The second kappa shape index (κ2) is 7.46. The zero-order chi connectivity index (χ0) is 15.2. The van der Waals surface area contributed by atoms with Gasteiger partial charge in [0.25, 0.3) is 0 Å². The SMILES string of the molecule is CCc1ccccc1NC(=O)N(C)CC1CCCCC1O. The third kappa shape index (κ3) is 4.21. The monoisotopic (exact) mass is 290 g/mol. The largest absolute Gasteiger partial charge is 0.393 e. The molecule has 4 nitrogen and oxygen atoms in total. The van der Waals surface area contributed by atoms with Crippen LogP contribution in [0.1, 0.15) is 38.2 Å². The molecular formula is C17H26N2O2. The van der Waals surface area contributed by atoms with Crippen LogP contribution in [0.25, 0.3) is 0 Å². The number of benzene rings is 1. The minimum Gasteiger partial charge on any atom is -0.393 e. The zero-order valence-electron chi connectivity index (χ0n) is 13.0. The highest BCUT2D eigenvalue weighted by Gasteiger charge is 2.25. The van der Waals surface area contributed by atoms with Gasteiger partial charge in [-0.2, -0.15) is 0 Å². The molecule has 0 saturated heterocycles. The summed E-state index contributed by atoms with van der Waals surface area (Å²) in [5.41, 5.74) is 2.01. The van der Waals surface area contributed by atoms with Crippen molar-refractivity contribution in [3.63, 3.8) is 0 Å². The third-order valence-corrected chi connectivity index (χ3v) is 4.36. The molecule has 2 amide bonds. The Morgan fingerprint density at radius 1 is 1.33 bits per heavy atom. The maximum Gasteiger partial charge on any atom is 0.321 e. The molecule has 0 spiro atoms. The van der Waals surface area contributed by atoms with Crippen molar-refractivity contribution in [3.05, 3.63) is 29.8 Å². The van der Waals surface area contributed by atoms with Crippen molar-refractivity contribution >= 4 is 11.7 Å². The number of aliphatic hydroxyl groups is 1. The van der Waals surface area contributed by atoms with Crippen LogP contribution in [0.2, 0.25) is 0 Å². The Hall–Kier alpha value is -1.55. The summed E-state index contributed by atoms with van der Waals surface area (Å²) in [6.07, 6.45) is 4.73. The van der Waals surface area contributed by atoms with E-state index in [1.165, 1.54) is 0 Å². The van der Waals surface area contributed by atoms with Crippen molar-refractivity contribution in [2.45, 2.75) is 45.1 Å². The maximum absolute atomic E-state index is 12.3. The van der Waals surface area contributed by atoms with Gasteiger partial charge < -0.3 is 15.3 Å². The standard InChI is InChI=1S/C17H26N2O2/c1-3-13-8-4-6-10-15(13)18-17(21)19(2)12-14-9-5-7-11-16(14)20/h4,6,8,10,14,16,20H,3,5,7,9,11-12H2,1-2H3,(H,18,21). The van der Waals surface area contributed by atoms with Gasteiger partial charge in [-0.15, -0.1) is 0 Å². The Balaban J connectivity index is 1.93. The van der Waals surface area contributed by atoms with Crippen LogP contribution in [0.15, 0.2) is 24.3 Å². The first-order chi connectivity index (χ1) is 10.1. The van der Waals surface area contributed by atoms with E-state index in [0.717, 1.165) is 43.4 Å². The lowest BCUT2D eigenvalue weighted by Gasteiger charge is -2.31. The fourth-order valence-electron chi connectivity index (χ4n) is 3.00.